The van der Waals surface area contributed by atoms with E-state index in [1.54, 1.807) is 0 Å². The zero-order chi connectivity index (χ0) is 14.0. The van der Waals surface area contributed by atoms with E-state index in [1.165, 1.54) is 12.3 Å². The Morgan fingerprint density at radius 1 is 1.21 bits per heavy atom. The topological polar surface area (TPSA) is 68.0 Å². The van der Waals surface area contributed by atoms with Gasteiger partial charge in [0.25, 0.3) is 5.91 Å². The highest BCUT2D eigenvalue weighted by molar-refractivity contribution is 6.33. The molecule has 0 bridgehead atoms. The van der Waals surface area contributed by atoms with Crippen molar-refractivity contribution >= 4 is 29.0 Å². The molecule has 98 valence electrons. The van der Waals surface area contributed by atoms with Crippen molar-refractivity contribution in [2.45, 2.75) is 13.8 Å². The molecule has 0 atom stereocenters. The second-order valence-electron chi connectivity index (χ2n) is 4.42. The maximum atomic E-state index is 12.0. The van der Waals surface area contributed by atoms with E-state index in [1.807, 2.05) is 32.0 Å². The number of amides is 1. The zero-order valence-corrected chi connectivity index (χ0v) is 11.5. The van der Waals surface area contributed by atoms with Crippen LogP contribution in [0.5, 0.6) is 0 Å². The SMILES string of the molecule is Cc1cc(C)cc(NC(=O)c2cnc(N)c(Cl)c2)c1. The van der Waals surface area contributed by atoms with Gasteiger partial charge in [-0.1, -0.05) is 17.7 Å². The minimum Gasteiger partial charge on any atom is -0.382 e. The fraction of sp³-hybridized carbons (Fsp3) is 0.143. The number of aromatic nitrogens is 1. The van der Waals surface area contributed by atoms with E-state index in [9.17, 15) is 4.79 Å². The lowest BCUT2D eigenvalue weighted by Crippen LogP contribution is -2.13. The summed E-state index contributed by atoms with van der Waals surface area (Å²) in [4.78, 5) is 15.9. The maximum absolute atomic E-state index is 12.0. The van der Waals surface area contributed by atoms with Crippen LogP contribution < -0.4 is 11.1 Å². The van der Waals surface area contributed by atoms with Gasteiger partial charge in [0.15, 0.2) is 0 Å². The summed E-state index contributed by atoms with van der Waals surface area (Å²) < 4.78 is 0. The monoisotopic (exact) mass is 275 g/mol. The molecule has 3 N–H and O–H groups in total. The summed E-state index contributed by atoms with van der Waals surface area (Å²) in [5.74, 6) is -0.0518. The molecule has 0 aliphatic carbocycles. The van der Waals surface area contributed by atoms with Crippen molar-refractivity contribution in [2.24, 2.45) is 0 Å². The molecule has 0 aliphatic rings. The summed E-state index contributed by atoms with van der Waals surface area (Å²) in [5.41, 5.74) is 8.80. The number of rotatable bonds is 2. The molecule has 1 aromatic heterocycles. The van der Waals surface area contributed by atoms with Crippen LogP contribution in [0.1, 0.15) is 21.5 Å². The third kappa shape index (κ3) is 3.23. The molecule has 0 fully saturated rings. The van der Waals surface area contributed by atoms with Crippen LogP contribution in [0.15, 0.2) is 30.5 Å². The van der Waals surface area contributed by atoms with E-state index in [-0.39, 0.29) is 16.7 Å². The molecule has 1 aromatic carbocycles. The van der Waals surface area contributed by atoms with E-state index in [4.69, 9.17) is 17.3 Å². The van der Waals surface area contributed by atoms with Crippen molar-refractivity contribution in [3.63, 3.8) is 0 Å². The lowest BCUT2D eigenvalue weighted by Gasteiger charge is -2.08. The van der Waals surface area contributed by atoms with Crippen LogP contribution in [0.3, 0.4) is 0 Å². The van der Waals surface area contributed by atoms with Crippen LogP contribution in [0.4, 0.5) is 11.5 Å². The first-order valence-electron chi connectivity index (χ1n) is 5.76. The first-order valence-corrected chi connectivity index (χ1v) is 6.14. The molecule has 2 rings (SSSR count). The van der Waals surface area contributed by atoms with Crippen LogP contribution >= 0.6 is 11.6 Å². The van der Waals surface area contributed by atoms with Gasteiger partial charge in [-0.2, -0.15) is 0 Å². The number of halogens is 1. The van der Waals surface area contributed by atoms with Gasteiger partial charge < -0.3 is 11.1 Å². The van der Waals surface area contributed by atoms with Crippen molar-refractivity contribution in [1.29, 1.82) is 0 Å². The summed E-state index contributed by atoms with van der Waals surface area (Å²) in [7, 11) is 0. The lowest BCUT2D eigenvalue weighted by molar-refractivity contribution is 0.102. The molecule has 0 saturated carbocycles. The number of carbonyl (C=O) groups excluding carboxylic acids is 1. The summed E-state index contributed by atoms with van der Waals surface area (Å²) in [5, 5.41) is 3.08. The van der Waals surface area contributed by atoms with Gasteiger partial charge in [0, 0.05) is 11.9 Å². The van der Waals surface area contributed by atoms with E-state index in [2.05, 4.69) is 10.3 Å². The lowest BCUT2D eigenvalue weighted by atomic mass is 10.1. The highest BCUT2D eigenvalue weighted by Crippen LogP contribution is 2.19. The van der Waals surface area contributed by atoms with E-state index < -0.39 is 0 Å². The van der Waals surface area contributed by atoms with Crippen LogP contribution in [0.25, 0.3) is 0 Å². The predicted molar refractivity (Wildman–Crippen MR) is 77.5 cm³/mol. The molecular weight excluding hydrogens is 262 g/mol. The normalized spacial score (nSPS) is 10.3. The smallest absolute Gasteiger partial charge is 0.257 e. The van der Waals surface area contributed by atoms with Crippen molar-refractivity contribution < 1.29 is 4.79 Å². The number of nitrogens with zero attached hydrogens (tertiary/aromatic N) is 1. The summed E-state index contributed by atoms with van der Waals surface area (Å²) in [6.07, 6.45) is 1.40. The van der Waals surface area contributed by atoms with Crippen molar-refractivity contribution in [3.05, 3.63) is 52.2 Å². The van der Waals surface area contributed by atoms with Crippen LogP contribution in [0, 0.1) is 13.8 Å². The number of carbonyl (C=O) groups is 1. The third-order valence-electron chi connectivity index (χ3n) is 2.61. The quantitative estimate of drug-likeness (QED) is 0.884. The molecule has 5 heteroatoms. The second kappa shape index (κ2) is 5.28. The van der Waals surface area contributed by atoms with Crippen LogP contribution in [-0.4, -0.2) is 10.9 Å². The zero-order valence-electron chi connectivity index (χ0n) is 10.7. The molecule has 2 aromatic rings. The molecule has 1 heterocycles. The summed E-state index contributed by atoms with van der Waals surface area (Å²) >= 11 is 5.84. The van der Waals surface area contributed by atoms with Gasteiger partial charge in [0.1, 0.15) is 5.82 Å². The number of nitrogen functional groups attached to an aromatic ring is 1. The number of benzene rings is 1. The van der Waals surface area contributed by atoms with Gasteiger partial charge >= 0.3 is 0 Å². The number of pyridine rings is 1. The number of nitrogens with two attached hydrogens (primary N) is 1. The molecular formula is C14H14ClN3O. The first kappa shape index (κ1) is 13.4. The fourth-order valence-corrected chi connectivity index (χ4v) is 1.99. The number of hydrogen-bond donors (Lipinski definition) is 2. The number of hydrogen-bond acceptors (Lipinski definition) is 3. The number of nitrogens with one attached hydrogen (secondary N) is 1. The van der Waals surface area contributed by atoms with Crippen LogP contribution in [-0.2, 0) is 0 Å². The Morgan fingerprint density at radius 3 is 2.42 bits per heavy atom. The summed E-state index contributed by atoms with van der Waals surface area (Å²) in [6.45, 7) is 3.95. The average Bonchev–Trinajstić information content (AvgIpc) is 2.31. The van der Waals surface area contributed by atoms with E-state index >= 15 is 0 Å². The molecule has 0 unspecified atom stereocenters. The Kier molecular flexibility index (Phi) is 3.71. The van der Waals surface area contributed by atoms with Crippen molar-refractivity contribution in [2.75, 3.05) is 11.1 Å². The van der Waals surface area contributed by atoms with E-state index in [0.29, 0.717) is 5.56 Å². The maximum Gasteiger partial charge on any atom is 0.257 e. The second-order valence-corrected chi connectivity index (χ2v) is 4.83. The molecule has 19 heavy (non-hydrogen) atoms. The Bertz CT molecular complexity index is 620. The Hall–Kier alpha value is -2.07. The number of anilines is 2. The van der Waals surface area contributed by atoms with Gasteiger partial charge in [-0.3, -0.25) is 4.79 Å². The van der Waals surface area contributed by atoms with Gasteiger partial charge in [-0.25, -0.2) is 4.98 Å². The predicted octanol–water partition coefficient (Wildman–Crippen LogP) is 3.19. The van der Waals surface area contributed by atoms with Crippen molar-refractivity contribution in [3.8, 4) is 0 Å². The van der Waals surface area contributed by atoms with Crippen LogP contribution in [0.2, 0.25) is 5.02 Å². The van der Waals surface area contributed by atoms with Gasteiger partial charge in [0.05, 0.1) is 10.6 Å². The average molecular weight is 276 g/mol. The van der Waals surface area contributed by atoms with Gasteiger partial charge in [0.2, 0.25) is 0 Å². The molecule has 0 spiro atoms. The van der Waals surface area contributed by atoms with Gasteiger partial charge in [-0.05, 0) is 43.2 Å². The first-order chi connectivity index (χ1) is 8.95. The highest BCUT2D eigenvalue weighted by atomic mass is 35.5. The van der Waals surface area contributed by atoms with Gasteiger partial charge in [-0.15, -0.1) is 0 Å². The standard InChI is InChI=1S/C14H14ClN3O/c1-8-3-9(2)5-11(4-8)18-14(19)10-6-12(15)13(16)17-7-10/h3-7H,1-2H3,(H2,16,17)(H,18,19). The Labute approximate surface area is 116 Å². The molecule has 0 radical (unpaired) electrons. The fourth-order valence-electron chi connectivity index (χ4n) is 1.82. The van der Waals surface area contributed by atoms with Crippen molar-refractivity contribution in [1.82, 2.24) is 4.98 Å². The molecule has 0 aliphatic heterocycles. The Balaban J connectivity index is 2.22. The molecule has 1 amide bonds. The molecule has 0 saturated heterocycles. The number of aryl methyl sites for hydroxylation is 2. The minimum absolute atomic E-state index is 0.213. The minimum atomic E-state index is -0.264. The summed E-state index contributed by atoms with van der Waals surface area (Å²) in [6, 6.07) is 7.34. The highest BCUT2D eigenvalue weighted by Gasteiger charge is 2.09. The molecule has 4 nitrogen and oxygen atoms in total. The largest absolute Gasteiger partial charge is 0.382 e. The Morgan fingerprint density at radius 2 is 1.84 bits per heavy atom. The van der Waals surface area contributed by atoms with E-state index in [0.717, 1.165) is 16.8 Å². The third-order valence-corrected chi connectivity index (χ3v) is 2.91.